The van der Waals surface area contributed by atoms with Gasteiger partial charge in [0.2, 0.25) is 0 Å². The number of carbonyl (C=O) groups excluding carboxylic acids is 1. The first kappa shape index (κ1) is 11.4. The minimum Gasteiger partial charge on any atom is -0.277 e. The van der Waals surface area contributed by atoms with Gasteiger partial charge in [-0.2, -0.15) is 8.97 Å². The molecular weight excluding hydrogens is 234 g/mol. The van der Waals surface area contributed by atoms with E-state index in [2.05, 4.69) is 30.5 Å². The Kier molecular flexibility index (Phi) is 8.21. The molecule has 0 unspecified atom stereocenters. The van der Waals surface area contributed by atoms with Gasteiger partial charge >= 0.3 is 6.09 Å². The second-order valence-electron chi connectivity index (χ2n) is 0.647. The van der Waals surface area contributed by atoms with E-state index in [1.165, 1.54) is 0 Å². The number of carbonyl (C=O) groups is 1. The monoisotopic (exact) mass is 239 g/mol. The summed E-state index contributed by atoms with van der Waals surface area (Å²) in [7, 11) is 0. The molecule has 0 bridgehead atoms. The number of hydrogen-bond acceptors (Lipinski definition) is 5. The van der Waals surface area contributed by atoms with Gasteiger partial charge < -0.3 is 0 Å². The molecule has 48 valence electrons. The van der Waals surface area contributed by atoms with E-state index in [4.69, 9.17) is 5.26 Å². The summed E-state index contributed by atoms with van der Waals surface area (Å²) >= 11 is 6.67. The molecule has 1 amide bonds. The van der Waals surface area contributed by atoms with Gasteiger partial charge in [-0.25, -0.2) is 4.79 Å². The SMILES string of the molecule is O=C(OO)N(S)S.[Mo]. The van der Waals surface area contributed by atoms with Crippen molar-refractivity contribution in [1.29, 1.82) is 0 Å². The zero-order valence-corrected chi connectivity index (χ0v) is 7.31. The van der Waals surface area contributed by atoms with Crippen LogP contribution in [0.5, 0.6) is 0 Å². The van der Waals surface area contributed by atoms with Crippen LogP contribution < -0.4 is 0 Å². The average Bonchev–Trinajstić information content (AvgIpc) is 1.65. The van der Waals surface area contributed by atoms with E-state index in [0.29, 0.717) is 3.71 Å². The Hall–Kier alpha value is 0.618. The minimum absolute atomic E-state index is 0. The molecule has 0 rings (SSSR count). The second-order valence-corrected chi connectivity index (χ2v) is 1.76. The maximum atomic E-state index is 9.81. The largest absolute Gasteiger partial charge is 0.461 e. The third kappa shape index (κ3) is 4.77. The Balaban J connectivity index is 0. The summed E-state index contributed by atoms with van der Waals surface area (Å²) in [5.41, 5.74) is 0. The topological polar surface area (TPSA) is 49.8 Å². The van der Waals surface area contributed by atoms with E-state index < -0.39 is 6.09 Å². The molecule has 0 heterocycles. The van der Waals surface area contributed by atoms with Crippen molar-refractivity contribution >= 4 is 31.7 Å². The van der Waals surface area contributed by atoms with Gasteiger partial charge in [-0.05, 0) is 25.6 Å². The summed E-state index contributed by atoms with van der Waals surface area (Å²) in [5, 5.41) is 7.52. The van der Waals surface area contributed by atoms with Crippen molar-refractivity contribution in [3.63, 3.8) is 0 Å². The van der Waals surface area contributed by atoms with E-state index in [9.17, 15) is 4.79 Å². The average molecular weight is 237 g/mol. The Labute approximate surface area is 71.5 Å². The van der Waals surface area contributed by atoms with Gasteiger partial charge in [-0.1, -0.05) is 0 Å². The summed E-state index contributed by atoms with van der Waals surface area (Å²) in [6.07, 6.45) is -1.04. The number of nitrogens with zero attached hydrogens (tertiary/aromatic N) is 1. The maximum absolute atomic E-state index is 9.81. The van der Waals surface area contributed by atoms with E-state index in [0.717, 1.165) is 0 Å². The van der Waals surface area contributed by atoms with Crippen molar-refractivity contribution in [2.45, 2.75) is 0 Å². The van der Waals surface area contributed by atoms with Crippen LogP contribution in [0.15, 0.2) is 0 Å². The van der Waals surface area contributed by atoms with Crippen LogP contribution in [0, 0.1) is 0 Å². The van der Waals surface area contributed by atoms with Gasteiger partial charge in [0.15, 0.2) is 0 Å². The summed E-state index contributed by atoms with van der Waals surface area (Å²) in [5.74, 6) is 0. The molecule has 1 N–H and O–H groups in total. The first-order valence-corrected chi connectivity index (χ1v) is 2.01. The van der Waals surface area contributed by atoms with E-state index >= 15 is 0 Å². The van der Waals surface area contributed by atoms with E-state index in [1.807, 2.05) is 0 Å². The summed E-state index contributed by atoms with van der Waals surface area (Å²) in [6.45, 7) is 0. The van der Waals surface area contributed by atoms with Crippen molar-refractivity contribution in [2.24, 2.45) is 0 Å². The van der Waals surface area contributed by atoms with Gasteiger partial charge in [-0.3, -0.25) is 4.89 Å². The number of amides is 1. The molecule has 0 aliphatic rings. The zero-order valence-electron chi connectivity index (χ0n) is 3.51. The molecule has 0 spiro atoms. The van der Waals surface area contributed by atoms with Crippen LogP contribution in [0.25, 0.3) is 0 Å². The third-order valence-corrected chi connectivity index (χ3v) is 0.568. The Bertz CT molecular complexity index is 77.7. The third-order valence-electron chi connectivity index (χ3n) is 0.241. The normalized spacial score (nSPS) is 6.88. The van der Waals surface area contributed by atoms with Crippen molar-refractivity contribution < 1.29 is 36.0 Å². The predicted octanol–water partition coefficient (Wildman–Crippen LogP) is 0.585. The Morgan fingerprint density at radius 1 is 1.62 bits per heavy atom. The summed E-state index contributed by atoms with van der Waals surface area (Å²) in [6, 6.07) is 0. The second kappa shape index (κ2) is 5.75. The fourth-order valence-electron chi connectivity index (χ4n) is 0.0365. The molecule has 0 atom stereocenters. The van der Waals surface area contributed by atoms with Crippen LogP contribution >= 0.6 is 25.6 Å². The fourth-order valence-corrected chi connectivity index (χ4v) is 0.110. The molecule has 4 nitrogen and oxygen atoms in total. The number of thiol groups is 2. The molecule has 0 aromatic heterocycles. The minimum atomic E-state index is -1.04. The molecule has 0 aliphatic carbocycles. The molecule has 0 aliphatic heterocycles. The first-order chi connectivity index (χ1) is 3.18. The number of rotatable bonds is 0. The summed E-state index contributed by atoms with van der Waals surface area (Å²) < 4.78 is 0.500. The first-order valence-electron chi connectivity index (χ1n) is 1.21. The molecule has 0 radical (unpaired) electrons. The number of hydrogen-bond donors (Lipinski definition) is 3. The van der Waals surface area contributed by atoms with Crippen molar-refractivity contribution in [1.82, 2.24) is 3.71 Å². The van der Waals surface area contributed by atoms with Gasteiger partial charge in [0.05, 0.1) is 0 Å². The standard InChI is InChI=1S/CH3NO3S2.Mo/c3-1(5-4)2(6)7;/h4,6-7H;. The van der Waals surface area contributed by atoms with Crippen LogP contribution in [0.1, 0.15) is 0 Å². The smallest absolute Gasteiger partial charge is 0.277 e. The van der Waals surface area contributed by atoms with Crippen LogP contribution in [0.4, 0.5) is 4.79 Å². The van der Waals surface area contributed by atoms with E-state index in [1.54, 1.807) is 0 Å². The van der Waals surface area contributed by atoms with E-state index in [-0.39, 0.29) is 21.1 Å². The molecule has 8 heavy (non-hydrogen) atoms. The molecule has 0 fully saturated rings. The zero-order chi connectivity index (χ0) is 5.86. The van der Waals surface area contributed by atoms with Crippen molar-refractivity contribution in [3.8, 4) is 0 Å². The molecule has 0 saturated heterocycles. The van der Waals surface area contributed by atoms with Gasteiger partial charge in [-0.15, -0.1) is 0 Å². The van der Waals surface area contributed by atoms with Gasteiger partial charge in [0.1, 0.15) is 0 Å². The molecule has 0 saturated carbocycles. The van der Waals surface area contributed by atoms with Crippen molar-refractivity contribution in [3.05, 3.63) is 0 Å². The molecular formula is CH3MoNO3S2. The molecule has 7 heteroatoms. The maximum Gasteiger partial charge on any atom is 0.461 e. The van der Waals surface area contributed by atoms with Gasteiger partial charge in [0.25, 0.3) is 0 Å². The van der Waals surface area contributed by atoms with Crippen LogP contribution in [0.2, 0.25) is 0 Å². The Morgan fingerprint density at radius 2 is 2.00 bits per heavy atom. The quantitative estimate of drug-likeness (QED) is 0.250. The van der Waals surface area contributed by atoms with Crippen LogP contribution in [-0.4, -0.2) is 15.1 Å². The molecule has 0 aromatic rings. The fraction of sp³-hybridized carbons (Fsp3) is 0. The van der Waals surface area contributed by atoms with Crippen LogP contribution in [-0.2, 0) is 26.0 Å². The van der Waals surface area contributed by atoms with Crippen LogP contribution in [0.3, 0.4) is 0 Å². The van der Waals surface area contributed by atoms with Crippen molar-refractivity contribution in [2.75, 3.05) is 0 Å². The predicted molar refractivity (Wildman–Crippen MR) is 28.9 cm³/mol. The summed E-state index contributed by atoms with van der Waals surface area (Å²) in [4.78, 5) is 13.0. The molecule has 0 aromatic carbocycles. The van der Waals surface area contributed by atoms with Gasteiger partial charge in [0, 0.05) is 21.1 Å². The Morgan fingerprint density at radius 3 is 2.00 bits per heavy atom.